The summed E-state index contributed by atoms with van der Waals surface area (Å²) in [5, 5.41) is 9.66. The summed E-state index contributed by atoms with van der Waals surface area (Å²) in [6, 6.07) is -0.207. The highest BCUT2D eigenvalue weighted by molar-refractivity contribution is 8.13. The molecule has 0 aromatic carbocycles. The van der Waals surface area contributed by atoms with Crippen LogP contribution in [-0.4, -0.2) is 42.7 Å². The molecule has 2 heterocycles. The summed E-state index contributed by atoms with van der Waals surface area (Å²) >= 11 is 0. The average Bonchev–Trinajstić information content (AvgIpc) is 2.18. The van der Waals surface area contributed by atoms with Crippen LogP contribution in [0, 0.1) is 0 Å². The normalized spacial score (nSPS) is 43.9. The Morgan fingerprint density at radius 2 is 2.36 bits per heavy atom. The van der Waals surface area contributed by atoms with Crippen molar-refractivity contribution in [3.05, 3.63) is 12.3 Å². The molecule has 2 aliphatic rings. The van der Waals surface area contributed by atoms with Gasteiger partial charge in [-0.15, -0.1) is 8.93 Å². The topological polar surface area (TPSA) is 47.9 Å². The first-order valence-corrected chi connectivity index (χ1v) is 7.91. The number of hydrogen-bond donors (Lipinski definition) is 1. The molecule has 0 spiro atoms. The zero-order chi connectivity index (χ0) is 10.1. The van der Waals surface area contributed by atoms with Crippen LogP contribution in [-0.2, 0) is 14.2 Å². The van der Waals surface area contributed by atoms with Crippen molar-refractivity contribution in [2.45, 2.75) is 24.3 Å². The van der Waals surface area contributed by atoms with Gasteiger partial charge in [-0.3, -0.25) is 0 Å². The Labute approximate surface area is 86.5 Å². The fourth-order valence-corrected chi connectivity index (χ4v) is 2.62. The van der Waals surface area contributed by atoms with Crippen LogP contribution in [0.3, 0.4) is 0 Å². The van der Waals surface area contributed by atoms with Gasteiger partial charge >= 0.3 is 0 Å². The third-order valence-electron chi connectivity index (χ3n) is 2.24. The second kappa shape index (κ2) is 4.42. The molecule has 6 heteroatoms. The van der Waals surface area contributed by atoms with E-state index in [1.807, 2.05) is 0 Å². The first-order chi connectivity index (χ1) is 6.68. The van der Waals surface area contributed by atoms with Gasteiger partial charge in [0.15, 0.2) is 12.1 Å². The van der Waals surface area contributed by atoms with E-state index in [1.54, 1.807) is 6.08 Å². The Kier molecular flexibility index (Phi) is 3.41. The maximum atomic E-state index is 9.66. The van der Waals surface area contributed by atoms with E-state index in [2.05, 4.69) is 15.6 Å². The standard InChI is InChI=1S/C8H14O4P2/c1-14(13)8-11-4-6-7(12-8)5(9)2-3-10-6/h2-3,5-9H,4,13H2,1H3/t5?,6?,7-,8?,14?/m0/s1. The molecule has 0 saturated carbocycles. The summed E-state index contributed by atoms with van der Waals surface area (Å²) in [7, 11) is 2.30. The van der Waals surface area contributed by atoms with Gasteiger partial charge in [0, 0.05) is 0 Å². The number of fused-ring (bicyclic) bond motifs is 1. The van der Waals surface area contributed by atoms with Crippen LogP contribution in [0.5, 0.6) is 0 Å². The zero-order valence-electron chi connectivity index (χ0n) is 7.87. The van der Waals surface area contributed by atoms with E-state index >= 15 is 0 Å². The molecule has 0 amide bonds. The van der Waals surface area contributed by atoms with Crippen LogP contribution in [0.1, 0.15) is 0 Å². The highest BCUT2D eigenvalue weighted by Crippen LogP contribution is 2.48. The zero-order valence-corrected chi connectivity index (χ0v) is 9.92. The Hall–Kier alpha value is 0.280. The molecule has 1 saturated heterocycles. The number of ether oxygens (including phenoxy) is 3. The summed E-state index contributed by atoms with van der Waals surface area (Å²) in [6.07, 6.45) is 2.06. The van der Waals surface area contributed by atoms with E-state index in [0.717, 1.165) is 0 Å². The minimum Gasteiger partial charge on any atom is -0.493 e. The lowest BCUT2D eigenvalue weighted by atomic mass is 10.1. The number of aliphatic hydroxyl groups excluding tert-OH is 1. The average molecular weight is 236 g/mol. The van der Waals surface area contributed by atoms with Crippen LogP contribution < -0.4 is 0 Å². The largest absolute Gasteiger partial charge is 0.493 e. The van der Waals surface area contributed by atoms with Gasteiger partial charge in [0.2, 0.25) is 0 Å². The van der Waals surface area contributed by atoms with Crippen LogP contribution in [0.15, 0.2) is 12.3 Å². The SMILES string of the molecule is CP(P)C1OCC2OC=CC(O)[C@@H]2O1. The minimum atomic E-state index is -0.583. The molecule has 6 atom stereocenters. The van der Waals surface area contributed by atoms with Crippen molar-refractivity contribution >= 4 is 16.5 Å². The van der Waals surface area contributed by atoms with Crippen LogP contribution in [0.2, 0.25) is 0 Å². The Bertz CT molecular complexity index is 233. The van der Waals surface area contributed by atoms with Gasteiger partial charge in [0.1, 0.15) is 12.2 Å². The monoisotopic (exact) mass is 236 g/mol. The van der Waals surface area contributed by atoms with Gasteiger partial charge in [-0.05, 0) is 20.4 Å². The maximum Gasteiger partial charge on any atom is 0.180 e. The lowest BCUT2D eigenvalue weighted by Crippen LogP contribution is -2.50. The molecule has 1 fully saturated rings. The summed E-state index contributed by atoms with van der Waals surface area (Å²) in [6.45, 7) is 2.54. The highest BCUT2D eigenvalue weighted by atomic mass is 32.0. The number of aliphatic hydroxyl groups is 1. The molecule has 1 N–H and O–H groups in total. The highest BCUT2D eigenvalue weighted by Gasteiger charge is 2.39. The first-order valence-electron chi connectivity index (χ1n) is 4.43. The molecule has 4 nitrogen and oxygen atoms in total. The lowest BCUT2D eigenvalue weighted by molar-refractivity contribution is -0.238. The van der Waals surface area contributed by atoms with E-state index in [0.29, 0.717) is 6.61 Å². The van der Waals surface area contributed by atoms with Gasteiger partial charge in [-0.25, -0.2) is 0 Å². The molecule has 0 aromatic rings. The van der Waals surface area contributed by atoms with Crippen LogP contribution in [0.4, 0.5) is 0 Å². The quantitative estimate of drug-likeness (QED) is 0.686. The van der Waals surface area contributed by atoms with E-state index in [-0.39, 0.29) is 25.8 Å². The lowest BCUT2D eigenvalue weighted by Gasteiger charge is -2.40. The van der Waals surface area contributed by atoms with Gasteiger partial charge in [-0.2, -0.15) is 0 Å². The second-order valence-electron chi connectivity index (χ2n) is 3.40. The van der Waals surface area contributed by atoms with Gasteiger partial charge in [-0.1, -0.05) is 0 Å². The molecular formula is C8H14O4P2. The second-order valence-corrected chi connectivity index (χ2v) is 7.60. The molecule has 14 heavy (non-hydrogen) atoms. The molecule has 2 rings (SSSR count). The van der Waals surface area contributed by atoms with Crippen molar-refractivity contribution in [1.29, 1.82) is 0 Å². The Morgan fingerprint density at radius 3 is 3.07 bits per heavy atom. The molecule has 80 valence electrons. The molecular weight excluding hydrogens is 222 g/mol. The van der Waals surface area contributed by atoms with Crippen LogP contribution >= 0.6 is 16.5 Å². The van der Waals surface area contributed by atoms with Crippen molar-refractivity contribution in [2.75, 3.05) is 13.3 Å². The van der Waals surface area contributed by atoms with Crippen molar-refractivity contribution < 1.29 is 19.3 Å². The third kappa shape index (κ3) is 2.10. The number of hydrogen-bond acceptors (Lipinski definition) is 4. The Morgan fingerprint density at radius 1 is 1.57 bits per heavy atom. The van der Waals surface area contributed by atoms with E-state index in [9.17, 15) is 5.11 Å². The van der Waals surface area contributed by atoms with Crippen molar-refractivity contribution in [1.82, 2.24) is 0 Å². The summed E-state index contributed by atoms with van der Waals surface area (Å²) < 4.78 is 16.4. The predicted octanol–water partition coefficient (Wildman–Crippen LogP) is 0.861. The first kappa shape index (κ1) is 10.8. The Balaban J connectivity index is 2.03. The summed E-state index contributed by atoms with van der Waals surface area (Å²) in [5.41, 5.74) is 0. The molecule has 5 unspecified atom stereocenters. The smallest absolute Gasteiger partial charge is 0.180 e. The summed E-state index contributed by atoms with van der Waals surface area (Å²) in [5.74, 6) is 0. The van der Waals surface area contributed by atoms with Crippen molar-refractivity contribution in [3.8, 4) is 0 Å². The maximum absolute atomic E-state index is 9.66. The molecule has 2 aliphatic heterocycles. The van der Waals surface area contributed by atoms with Gasteiger partial charge in [0.05, 0.1) is 12.9 Å². The van der Waals surface area contributed by atoms with E-state index < -0.39 is 6.10 Å². The van der Waals surface area contributed by atoms with Crippen molar-refractivity contribution in [2.24, 2.45) is 0 Å². The van der Waals surface area contributed by atoms with Gasteiger partial charge in [0.25, 0.3) is 0 Å². The summed E-state index contributed by atoms with van der Waals surface area (Å²) in [4.78, 5) is 0. The predicted molar refractivity (Wildman–Crippen MR) is 57.2 cm³/mol. The fourth-order valence-electron chi connectivity index (χ4n) is 1.50. The molecule has 0 bridgehead atoms. The van der Waals surface area contributed by atoms with Gasteiger partial charge < -0.3 is 19.3 Å². The molecule has 0 aliphatic carbocycles. The third-order valence-corrected chi connectivity index (χ3v) is 3.91. The fraction of sp³-hybridized carbons (Fsp3) is 0.750. The van der Waals surface area contributed by atoms with E-state index in [4.69, 9.17) is 14.2 Å². The molecule has 0 radical (unpaired) electrons. The van der Waals surface area contributed by atoms with Crippen molar-refractivity contribution in [3.63, 3.8) is 0 Å². The van der Waals surface area contributed by atoms with E-state index in [1.165, 1.54) is 6.26 Å². The minimum absolute atomic E-state index is 0.175. The van der Waals surface area contributed by atoms with Crippen LogP contribution in [0.25, 0.3) is 0 Å². The molecule has 0 aromatic heterocycles. The number of rotatable bonds is 1.